The Hall–Kier alpha value is 0.210. The molecule has 178 valence electrons. The summed E-state index contributed by atoms with van der Waals surface area (Å²) in [5.41, 5.74) is 4.71. The maximum Gasteiger partial charge on any atom is 0.113 e. The van der Waals surface area contributed by atoms with Crippen molar-refractivity contribution in [3.8, 4) is 0 Å². The van der Waals surface area contributed by atoms with E-state index in [1.165, 1.54) is 128 Å². The third kappa shape index (κ3) is 24.4. The Morgan fingerprint density at radius 3 is 1.07 bits per heavy atom. The Bertz CT molecular complexity index is 304. The summed E-state index contributed by atoms with van der Waals surface area (Å²) in [7, 11) is 0. The standard InChI is InChI=1S/C26H55NO.ClH/c1-4-5-6-7-8-9-10-11-12-13-14-15-16-17-18-19-20-21-22-23-24-25(2)26(3,27)28;/h25,28H,4-24,27H2,1-3H3;1H. The van der Waals surface area contributed by atoms with Crippen molar-refractivity contribution in [3.05, 3.63) is 0 Å². The number of halogens is 1. The molecule has 0 saturated heterocycles. The van der Waals surface area contributed by atoms with Gasteiger partial charge in [-0.3, -0.25) is 0 Å². The van der Waals surface area contributed by atoms with Gasteiger partial charge in [-0.15, -0.1) is 12.4 Å². The summed E-state index contributed by atoms with van der Waals surface area (Å²) in [4.78, 5) is 0. The van der Waals surface area contributed by atoms with Crippen LogP contribution in [0.3, 0.4) is 0 Å². The van der Waals surface area contributed by atoms with Crippen molar-refractivity contribution in [2.45, 2.75) is 161 Å². The van der Waals surface area contributed by atoms with Gasteiger partial charge in [0.2, 0.25) is 0 Å². The van der Waals surface area contributed by atoms with E-state index in [9.17, 15) is 5.11 Å². The lowest BCUT2D eigenvalue weighted by molar-refractivity contribution is 0.00810. The van der Waals surface area contributed by atoms with Crippen LogP contribution in [0.2, 0.25) is 0 Å². The van der Waals surface area contributed by atoms with Crippen molar-refractivity contribution in [1.82, 2.24) is 0 Å². The molecule has 0 aromatic heterocycles. The van der Waals surface area contributed by atoms with Crippen LogP contribution in [0.1, 0.15) is 156 Å². The average molecular weight is 434 g/mol. The molecule has 0 aromatic rings. The van der Waals surface area contributed by atoms with Crippen LogP contribution in [-0.4, -0.2) is 10.8 Å². The lowest BCUT2D eigenvalue weighted by Crippen LogP contribution is -2.42. The average Bonchev–Trinajstić information content (AvgIpc) is 2.65. The van der Waals surface area contributed by atoms with Gasteiger partial charge in [-0.2, -0.15) is 0 Å². The normalized spacial score (nSPS) is 14.4. The maximum atomic E-state index is 9.72. The minimum Gasteiger partial charge on any atom is -0.376 e. The number of unbranched alkanes of at least 4 members (excludes halogenated alkanes) is 19. The molecule has 0 radical (unpaired) electrons. The van der Waals surface area contributed by atoms with Crippen molar-refractivity contribution >= 4 is 12.4 Å². The van der Waals surface area contributed by atoms with Crippen molar-refractivity contribution in [2.24, 2.45) is 11.7 Å². The van der Waals surface area contributed by atoms with E-state index in [4.69, 9.17) is 5.73 Å². The van der Waals surface area contributed by atoms with E-state index in [-0.39, 0.29) is 18.3 Å². The van der Waals surface area contributed by atoms with Crippen molar-refractivity contribution in [2.75, 3.05) is 0 Å². The SMILES string of the molecule is CCCCCCCCCCCCCCCCCCCCCCC(C)C(C)(N)O.Cl. The Balaban J connectivity index is 0. The molecule has 0 heterocycles. The molecule has 0 rings (SSSR count). The summed E-state index contributed by atoms with van der Waals surface area (Å²) in [6.07, 6.45) is 29.4. The van der Waals surface area contributed by atoms with Gasteiger partial charge >= 0.3 is 0 Å². The summed E-state index contributed by atoms with van der Waals surface area (Å²) in [5, 5.41) is 9.72. The van der Waals surface area contributed by atoms with Gasteiger partial charge in [-0.1, -0.05) is 142 Å². The quantitative estimate of drug-likeness (QED) is 0.132. The zero-order valence-corrected chi connectivity index (χ0v) is 21.2. The second-order valence-electron chi connectivity index (χ2n) is 9.63. The molecule has 29 heavy (non-hydrogen) atoms. The fourth-order valence-corrected chi connectivity index (χ4v) is 4.00. The molecule has 0 saturated carbocycles. The van der Waals surface area contributed by atoms with Crippen LogP contribution in [0.5, 0.6) is 0 Å². The zero-order valence-electron chi connectivity index (χ0n) is 20.4. The summed E-state index contributed by atoms with van der Waals surface area (Å²) in [6.45, 7) is 6.06. The molecule has 3 heteroatoms. The fraction of sp³-hybridized carbons (Fsp3) is 1.00. The van der Waals surface area contributed by atoms with E-state index < -0.39 is 5.72 Å². The van der Waals surface area contributed by atoms with Crippen molar-refractivity contribution in [1.29, 1.82) is 0 Å². The molecule has 0 fully saturated rings. The molecule has 3 N–H and O–H groups in total. The lowest BCUT2D eigenvalue weighted by atomic mass is 9.93. The van der Waals surface area contributed by atoms with E-state index in [0.717, 1.165) is 6.42 Å². The second kappa shape index (κ2) is 22.9. The third-order valence-corrected chi connectivity index (χ3v) is 6.49. The summed E-state index contributed by atoms with van der Waals surface area (Å²) >= 11 is 0. The van der Waals surface area contributed by atoms with Crippen LogP contribution in [0.15, 0.2) is 0 Å². The molecule has 0 aliphatic carbocycles. The number of hydrogen-bond acceptors (Lipinski definition) is 2. The highest BCUT2D eigenvalue weighted by molar-refractivity contribution is 5.85. The van der Waals surface area contributed by atoms with Gasteiger partial charge in [0.15, 0.2) is 0 Å². The largest absolute Gasteiger partial charge is 0.376 e. The minimum atomic E-state index is -1.01. The number of hydrogen-bond donors (Lipinski definition) is 2. The van der Waals surface area contributed by atoms with Gasteiger partial charge in [-0.05, 0) is 19.3 Å². The molecule has 2 nitrogen and oxygen atoms in total. The minimum absolute atomic E-state index is 0. The first-order chi connectivity index (χ1) is 13.5. The highest BCUT2D eigenvalue weighted by Gasteiger charge is 2.21. The van der Waals surface area contributed by atoms with Crippen LogP contribution in [0, 0.1) is 5.92 Å². The number of rotatable bonds is 22. The summed E-state index contributed by atoms with van der Waals surface area (Å²) in [6, 6.07) is 0. The van der Waals surface area contributed by atoms with Crippen LogP contribution >= 0.6 is 12.4 Å². The molecule has 0 amide bonds. The Morgan fingerprint density at radius 1 is 0.586 bits per heavy atom. The molecule has 2 unspecified atom stereocenters. The lowest BCUT2D eigenvalue weighted by Gasteiger charge is -2.25. The van der Waals surface area contributed by atoms with Gasteiger partial charge in [-0.25, -0.2) is 0 Å². The first-order valence-electron chi connectivity index (χ1n) is 13.0. The Labute approximate surface area is 190 Å². The topological polar surface area (TPSA) is 46.2 Å². The van der Waals surface area contributed by atoms with Crippen LogP contribution in [0.25, 0.3) is 0 Å². The zero-order chi connectivity index (χ0) is 20.9. The Morgan fingerprint density at radius 2 is 0.828 bits per heavy atom. The number of nitrogens with two attached hydrogens (primary N) is 1. The molecular formula is C26H56ClNO. The van der Waals surface area contributed by atoms with Gasteiger partial charge in [0.05, 0.1) is 0 Å². The molecule has 0 aliphatic rings. The molecule has 0 bridgehead atoms. The predicted octanol–water partition coefficient (Wildman–Crippen LogP) is 8.92. The van der Waals surface area contributed by atoms with Gasteiger partial charge in [0.1, 0.15) is 5.72 Å². The fourth-order valence-electron chi connectivity index (χ4n) is 4.00. The molecule has 0 aromatic carbocycles. The second-order valence-corrected chi connectivity index (χ2v) is 9.63. The molecule has 0 aliphatic heterocycles. The van der Waals surface area contributed by atoms with E-state index in [1.54, 1.807) is 6.92 Å². The summed E-state index contributed by atoms with van der Waals surface area (Å²) in [5.74, 6) is 0.197. The Kier molecular flexibility index (Phi) is 24.8. The van der Waals surface area contributed by atoms with Gasteiger partial charge < -0.3 is 10.8 Å². The molecular weight excluding hydrogens is 378 g/mol. The molecule has 2 atom stereocenters. The highest BCUT2D eigenvalue weighted by Crippen LogP contribution is 2.19. The van der Waals surface area contributed by atoms with Crippen molar-refractivity contribution < 1.29 is 5.11 Å². The summed E-state index contributed by atoms with van der Waals surface area (Å²) < 4.78 is 0. The molecule has 0 spiro atoms. The third-order valence-electron chi connectivity index (χ3n) is 6.49. The van der Waals surface area contributed by atoms with Crippen LogP contribution in [-0.2, 0) is 0 Å². The van der Waals surface area contributed by atoms with E-state index >= 15 is 0 Å². The highest BCUT2D eigenvalue weighted by atomic mass is 35.5. The maximum absolute atomic E-state index is 9.72. The van der Waals surface area contributed by atoms with E-state index in [0.29, 0.717) is 0 Å². The van der Waals surface area contributed by atoms with Gasteiger partial charge in [0.25, 0.3) is 0 Å². The first-order valence-corrected chi connectivity index (χ1v) is 13.0. The van der Waals surface area contributed by atoms with Crippen LogP contribution in [0.4, 0.5) is 0 Å². The monoisotopic (exact) mass is 433 g/mol. The van der Waals surface area contributed by atoms with Crippen LogP contribution < -0.4 is 5.73 Å². The van der Waals surface area contributed by atoms with Crippen molar-refractivity contribution in [3.63, 3.8) is 0 Å². The van der Waals surface area contributed by atoms with E-state index in [2.05, 4.69) is 13.8 Å². The predicted molar refractivity (Wildman–Crippen MR) is 134 cm³/mol. The smallest absolute Gasteiger partial charge is 0.113 e. The first kappa shape index (κ1) is 31.4. The van der Waals surface area contributed by atoms with Gasteiger partial charge in [0, 0.05) is 0 Å². The number of aliphatic hydroxyl groups is 1. The van der Waals surface area contributed by atoms with E-state index in [1.807, 2.05) is 0 Å².